The maximum Gasteiger partial charge on any atom is 0.145 e. The highest BCUT2D eigenvalue weighted by Crippen LogP contribution is 2.23. The van der Waals surface area contributed by atoms with Crippen LogP contribution >= 0.6 is 23.2 Å². The Morgan fingerprint density at radius 3 is 2.81 bits per heavy atom. The minimum Gasteiger partial charge on any atom is -0.366 e. The van der Waals surface area contributed by atoms with Gasteiger partial charge in [-0.1, -0.05) is 23.2 Å². The number of anilines is 1. The lowest BCUT2D eigenvalue weighted by molar-refractivity contribution is 0.678. The Balaban J connectivity index is 2.55. The SMILES string of the molecule is CC(CCS(C)=O)Nc1ncc(Cl)cc1Cl. The van der Waals surface area contributed by atoms with Gasteiger partial charge in [-0.25, -0.2) is 4.98 Å². The summed E-state index contributed by atoms with van der Waals surface area (Å²) in [6.07, 6.45) is 4.05. The molecule has 2 atom stereocenters. The molecule has 1 aromatic rings. The summed E-state index contributed by atoms with van der Waals surface area (Å²) in [7, 11) is -0.768. The second-order valence-corrected chi connectivity index (χ2v) is 5.99. The van der Waals surface area contributed by atoms with Crippen LogP contribution in [0.2, 0.25) is 10.0 Å². The number of hydrogen-bond donors (Lipinski definition) is 1. The molecule has 3 nitrogen and oxygen atoms in total. The van der Waals surface area contributed by atoms with E-state index in [0.717, 1.165) is 6.42 Å². The van der Waals surface area contributed by atoms with Gasteiger partial charge in [-0.05, 0) is 19.4 Å². The standard InChI is InChI=1S/C10H14Cl2N2OS/c1-7(3-4-16(2)15)14-10-9(12)5-8(11)6-13-10/h5-7H,3-4H2,1-2H3,(H,13,14). The number of nitrogens with zero attached hydrogens (tertiary/aromatic N) is 1. The van der Waals surface area contributed by atoms with Crippen LogP contribution in [0.1, 0.15) is 13.3 Å². The Kier molecular flexibility index (Phi) is 5.52. The van der Waals surface area contributed by atoms with Gasteiger partial charge in [0.05, 0.1) is 10.0 Å². The highest BCUT2D eigenvalue weighted by atomic mass is 35.5. The van der Waals surface area contributed by atoms with Crippen LogP contribution < -0.4 is 5.32 Å². The molecule has 90 valence electrons. The first-order valence-corrected chi connectivity index (χ1v) is 7.35. The maximum absolute atomic E-state index is 10.9. The number of pyridine rings is 1. The first kappa shape index (κ1) is 13.7. The summed E-state index contributed by atoms with van der Waals surface area (Å²) in [4.78, 5) is 4.09. The minimum absolute atomic E-state index is 0.176. The number of nitrogens with one attached hydrogen (secondary N) is 1. The summed E-state index contributed by atoms with van der Waals surface area (Å²) in [5, 5.41) is 4.17. The second-order valence-electron chi connectivity index (χ2n) is 3.60. The molecule has 1 heterocycles. The zero-order valence-corrected chi connectivity index (χ0v) is 11.5. The molecule has 0 radical (unpaired) electrons. The van der Waals surface area contributed by atoms with Gasteiger partial charge in [0, 0.05) is 35.0 Å². The lowest BCUT2D eigenvalue weighted by Gasteiger charge is -2.14. The van der Waals surface area contributed by atoms with E-state index in [2.05, 4.69) is 10.3 Å². The van der Waals surface area contributed by atoms with E-state index in [1.807, 2.05) is 6.92 Å². The van der Waals surface area contributed by atoms with Gasteiger partial charge < -0.3 is 5.32 Å². The van der Waals surface area contributed by atoms with Gasteiger partial charge in [0.2, 0.25) is 0 Å². The van der Waals surface area contributed by atoms with E-state index < -0.39 is 10.8 Å². The third-order valence-electron chi connectivity index (χ3n) is 2.03. The van der Waals surface area contributed by atoms with E-state index in [9.17, 15) is 4.21 Å². The second kappa shape index (κ2) is 6.42. The number of aromatic nitrogens is 1. The summed E-state index contributed by atoms with van der Waals surface area (Å²) >= 11 is 11.7. The van der Waals surface area contributed by atoms with Crippen molar-refractivity contribution in [3.63, 3.8) is 0 Å². The van der Waals surface area contributed by atoms with Crippen LogP contribution in [-0.4, -0.2) is 27.2 Å². The molecule has 16 heavy (non-hydrogen) atoms. The number of hydrogen-bond acceptors (Lipinski definition) is 3. The monoisotopic (exact) mass is 280 g/mol. The quantitative estimate of drug-likeness (QED) is 0.902. The van der Waals surface area contributed by atoms with Gasteiger partial charge in [0.1, 0.15) is 5.82 Å². The average molecular weight is 281 g/mol. The van der Waals surface area contributed by atoms with Crippen molar-refractivity contribution in [2.24, 2.45) is 0 Å². The average Bonchev–Trinajstić information content (AvgIpc) is 2.19. The van der Waals surface area contributed by atoms with E-state index in [1.165, 1.54) is 0 Å². The largest absolute Gasteiger partial charge is 0.366 e. The van der Waals surface area contributed by atoms with Crippen LogP contribution in [0.3, 0.4) is 0 Å². The van der Waals surface area contributed by atoms with Crippen molar-refractivity contribution in [1.29, 1.82) is 0 Å². The molecule has 0 bridgehead atoms. The minimum atomic E-state index is -0.768. The van der Waals surface area contributed by atoms with Gasteiger partial charge in [-0.3, -0.25) is 4.21 Å². The molecule has 2 unspecified atom stereocenters. The number of rotatable bonds is 5. The van der Waals surface area contributed by atoms with Crippen molar-refractivity contribution in [2.45, 2.75) is 19.4 Å². The molecule has 0 amide bonds. The molecule has 0 saturated heterocycles. The summed E-state index contributed by atoms with van der Waals surface area (Å²) in [5.41, 5.74) is 0. The van der Waals surface area contributed by atoms with Gasteiger partial charge in [-0.15, -0.1) is 0 Å². The van der Waals surface area contributed by atoms with Crippen molar-refractivity contribution >= 4 is 39.8 Å². The molecule has 0 aliphatic rings. The molecule has 0 aliphatic carbocycles. The Morgan fingerprint density at radius 2 is 2.25 bits per heavy atom. The van der Waals surface area contributed by atoms with Gasteiger partial charge in [0.25, 0.3) is 0 Å². The van der Waals surface area contributed by atoms with Crippen molar-refractivity contribution in [2.75, 3.05) is 17.3 Å². The highest BCUT2D eigenvalue weighted by Gasteiger charge is 2.07. The lowest BCUT2D eigenvalue weighted by atomic mass is 10.2. The third-order valence-corrected chi connectivity index (χ3v) is 3.33. The molecule has 1 rings (SSSR count). The Labute approximate surface area is 108 Å². The smallest absolute Gasteiger partial charge is 0.145 e. The lowest BCUT2D eigenvalue weighted by Crippen LogP contribution is -2.18. The van der Waals surface area contributed by atoms with Gasteiger partial charge >= 0.3 is 0 Å². The predicted octanol–water partition coefficient (Wildman–Crippen LogP) is 2.96. The molecule has 1 N–H and O–H groups in total. The normalized spacial score (nSPS) is 14.5. The zero-order valence-electron chi connectivity index (χ0n) is 9.17. The molecular weight excluding hydrogens is 267 g/mol. The van der Waals surface area contributed by atoms with Crippen LogP contribution in [0.25, 0.3) is 0 Å². The summed E-state index contributed by atoms with van der Waals surface area (Å²) in [5.74, 6) is 1.28. The van der Waals surface area contributed by atoms with Crippen molar-refractivity contribution in [3.05, 3.63) is 22.3 Å². The van der Waals surface area contributed by atoms with Crippen LogP contribution in [0.4, 0.5) is 5.82 Å². The zero-order chi connectivity index (χ0) is 12.1. The number of halogens is 2. The Morgan fingerprint density at radius 1 is 1.56 bits per heavy atom. The molecule has 0 saturated carbocycles. The van der Waals surface area contributed by atoms with E-state index in [0.29, 0.717) is 21.6 Å². The molecule has 1 aromatic heterocycles. The van der Waals surface area contributed by atoms with Crippen molar-refractivity contribution in [3.8, 4) is 0 Å². The van der Waals surface area contributed by atoms with E-state index in [-0.39, 0.29) is 6.04 Å². The van der Waals surface area contributed by atoms with E-state index in [4.69, 9.17) is 23.2 Å². The first-order chi connectivity index (χ1) is 7.49. The van der Waals surface area contributed by atoms with Crippen LogP contribution in [0.5, 0.6) is 0 Å². The van der Waals surface area contributed by atoms with Crippen LogP contribution in [0.15, 0.2) is 12.3 Å². The van der Waals surface area contributed by atoms with Gasteiger partial charge in [-0.2, -0.15) is 0 Å². The summed E-state index contributed by atoms with van der Waals surface area (Å²) in [6, 6.07) is 1.82. The fourth-order valence-electron chi connectivity index (χ4n) is 1.17. The Hall–Kier alpha value is -0.320. The van der Waals surface area contributed by atoms with Crippen LogP contribution in [0, 0.1) is 0 Å². The first-order valence-electron chi connectivity index (χ1n) is 4.86. The third kappa shape index (κ3) is 4.68. The van der Waals surface area contributed by atoms with E-state index in [1.54, 1.807) is 18.5 Å². The molecular formula is C10H14Cl2N2OS. The molecule has 0 aromatic carbocycles. The topological polar surface area (TPSA) is 42.0 Å². The van der Waals surface area contributed by atoms with Crippen molar-refractivity contribution in [1.82, 2.24) is 4.98 Å². The predicted molar refractivity (Wildman–Crippen MR) is 70.9 cm³/mol. The molecule has 0 aliphatic heterocycles. The van der Waals surface area contributed by atoms with Crippen molar-refractivity contribution < 1.29 is 4.21 Å². The molecule has 0 fully saturated rings. The molecule has 0 spiro atoms. The fourth-order valence-corrected chi connectivity index (χ4v) is 2.29. The van der Waals surface area contributed by atoms with Crippen LogP contribution in [-0.2, 0) is 10.8 Å². The summed E-state index contributed by atoms with van der Waals surface area (Å²) < 4.78 is 10.9. The molecule has 6 heteroatoms. The maximum atomic E-state index is 10.9. The van der Waals surface area contributed by atoms with Gasteiger partial charge in [0.15, 0.2) is 0 Å². The fraction of sp³-hybridized carbons (Fsp3) is 0.500. The van der Waals surface area contributed by atoms with E-state index >= 15 is 0 Å². The highest BCUT2D eigenvalue weighted by molar-refractivity contribution is 7.84. The Bertz CT molecular complexity index is 387. The summed E-state index contributed by atoms with van der Waals surface area (Å²) in [6.45, 7) is 2.00.